The normalized spacial score (nSPS) is 16.2. The Morgan fingerprint density at radius 1 is 1.36 bits per heavy atom. The quantitative estimate of drug-likeness (QED) is 0.461. The number of carboxylic acids is 2. The van der Waals surface area contributed by atoms with E-state index in [0.29, 0.717) is 37.9 Å². The maximum absolute atomic E-state index is 11.4. The van der Waals surface area contributed by atoms with Gasteiger partial charge in [-0.3, -0.25) is 9.69 Å². The van der Waals surface area contributed by atoms with Crippen LogP contribution >= 0.6 is 0 Å². The molecule has 1 aliphatic rings. The molecule has 1 heterocycles. The Morgan fingerprint density at radius 2 is 2.04 bits per heavy atom. The van der Waals surface area contributed by atoms with Crippen LogP contribution in [0.25, 0.3) is 0 Å². The van der Waals surface area contributed by atoms with E-state index in [1.54, 1.807) is 6.07 Å². The molecule has 5 N–H and O–H groups in total. The number of carboxylic acid groups (broad SMARTS) is 2. The number of aromatic carboxylic acids is 1. The highest BCUT2D eigenvalue weighted by Gasteiger charge is 2.31. The zero-order valence-corrected chi connectivity index (χ0v) is 13.7. The largest absolute Gasteiger partial charge is 0.507 e. The summed E-state index contributed by atoms with van der Waals surface area (Å²) in [6.45, 7) is 1.45. The number of likely N-dealkylation sites (tertiary alicyclic amines) is 1. The Morgan fingerprint density at radius 3 is 2.60 bits per heavy atom. The molecule has 2 radical (unpaired) electrons. The van der Waals surface area contributed by atoms with Crippen molar-refractivity contribution in [2.75, 3.05) is 19.6 Å². The molecule has 0 unspecified atom stereocenters. The molecule has 2 rings (SSSR count). The van der Waals surface area contributed by atoms with E-state index in [2.05, 4.69) is 0 Å². The summed E-state index contributed by atoms with van der Waals surface area (Å²) in [5.74, 6) is -2.44. The molecule has 1 saturated heterocycles. The second kappa shape index (κ2) is 8.22. The number of aromatic hydroxyl groups is 1. The summed E-state index contributed by atoms with van der Waals surface area (Å²) in [5, 5.41) is 28.2. The number of ether oxygens (including phenoxy) is 1. The molecule has 0 aromatic heterocycles. The molecule has 1 aliphatic heterocycles. The molecule has 25 heavy (non-hydrogen) atoms. The highest BCUT2D eigenvalue weighted by atomic mass is 16.5. The molecule has 8 nitrogen and oxygen atoms in total. The van der Waals surface area contributed by atoms with E-state index in [4.69, 9.17) is 23.4 Å². The van der Waals surface area contributed by atoms with Crippen LogP contribution in [0.15, 0.2) is 12.1 Å². The lowest BCUT2D eigenvalue weighted by Gasteiger charge is -2.40. The van der Waals surface area contributed by atoms with Gasteiger partial charge in [-0.25, -0.2) is 4.79 Å². The Bertz CT molecular complexity index is 648. The number of rotatable bonds is 9. The third-order valence-electron chi connectivity index (χ3n) is 4.00. The summed E-state index contributed by atoms with van der Waals surface area (Å²) in [7, 11) is 5.45. The van der Waals surface area contributed by atoms with Gasteiger partial charge in [0.1, 0.15) is 23.2 Å². The van der Waals surface area contributed by atoms with Crippen LogP contribution in [0.4, 0.5) is 0 Å². The number of phenols is 1. The summed E-state index contributed by atoms with van der Waals surface area (Å²) >= 11 is 0. The minimum absolute atomic E-state index is 0.102. The first kappa shape index (κ1) is 19.1. The van der Waals surface area contributed by atoms with Crippen LogP contribution in [0.2, 0.25) is 6.32 Å². The Labute approximate surface area is 146 Å². The monoisotopic (exact) mass is 348 g/mol. The molecule has 0 bridgehead atoms. The number of hydrogen-bond donors (Lipinski definition) is 4. The number of aliphatic carboxylic acids is 1. The van der Waals surface area contributed by atoms with Crippen LogP contribution in [0.1, 0.15) is 22.3 Å². The molecular weight excluding hydrogens is 327 g/mol. The van der Waals surface area contributed by atoms with Crippen molar-refractivity contribution < 1.29 is 29.6 Å². The van der Waals surface area contributed by atoms with Gasteiger partial charge in [0.2, 0.25) is 0 Å². The van der Waals surface area contributed by atoms with Crippen molar-refractivity contribution in [1.82, 2.24) is 4.90 Å². The number of carbonyl (C=O) groups is 2. The van der Waals surface area contributed by atoms with Gasteiger partial charge >= 0.3 is 11.9 Å². The molecule has 1 aromatic rings. The zero-order valence-electron chi connectivity index (χ0n) is 13.7. The number of nitrogens with zero attached hydrogens (tertiary/aromatic N) is 1. The van der Waals surface area contributed by atoms with Gasteiger partial charge < -0.3 is 25.8 Å². The summed E-state index contributed by atoms with van der Waals surface area (Å²) in [4.78, 5) is 24.0. The second-order valence-electron chi connectivity index (χ2n) is 6.11. The first-order valence-electron chi connectivity index (χ1n) is 7.96. The molecular formula is C16H21BN2O6. The van der Waals surface area contributed by atoms with Crippen molar-refractivity contribution in [3.8, 4) is 11.5 Å². The molecule has 1 atom stereocenters. The highest BCUT2D eigenvalue weighted by molar-refractivity contribution is 6.08. The molecule has 0 spiro atoms. The standard InChI is InChI=1S/C16H21BN2O6/c17-4-3-9-1-2-12(14(15(9)22)16(23)24)25-11-7-19(8-11)6-10(18)5-13(20)21/h1-2,10-11,22H,3-8,18H2,(H,20,21)(H,23,24)/t10-/m1/s1. The van der Waals surface area contributed by atoms with Crippen LogP contribution in [0.3, 0.4) is 0 Å². The van der Waals surface area contributed by atoms with Crippen molar-refractivity contribution in [2.24, 2.45) is 5.73 Å². The van der Waals surface area contributed by atoms with Crippen LogP contribution in [-0.4, -0.2) is 71.8 Å². The summed E-state index contributed by atoms with van der Waals surface area (Å²) in [6, 6.07) is 2.66. The second-order valence-corrected chi connectivity index (χ2v) is 6.11. The lowest BCUT2D eigenvalue weighted by atomic mass is 9.95. The van der Waals surface area contributed by atoms with Gasteiger partial charge in [-0.05, 0) is 18.1 Å². The predicted molar refractivity (Wildman–Crippen MR) is 90.4 cm³/mol. The topological polar surface area (TPSA) is 133 Å². The summed E-state index contributed by atoms with van der Waals surface area (Å²) in [6.07, 6.45) is 0.308. The number of aryl methyl sites for hydroxylation is 1. The fourth-order valence-electron chi connectivity index (χ4n) is 2.82. The number of nitrogens with two attached hydrogens (primary N) is 1. The average molecular weight is 348 g/mol. The minimum atomic E-state index is -1.27. The van der Waals surface area contributed by atoms with Gasteiger partial charge in [-0.15, -0.1) is 0 Å². The Hall–Kier alpha value is -2.26. The van der Waals surface area contributed by atoms with Gasteiger partial charge in [0.15, 0.2) is 0 Å². The minimum Gasteiger partial charge on any atom is -0.507 e. The molecule has 134 valence electrons. The van der Waals surface area contributed by atoms with Crippen molar-refractivity contribution in [1.29, 1.82) is 0 Å². The predicted octanol–water partition coefficient (Wildman–Crippen LogP) is 0.0847. The first-order valence-corrected chi connectivity index (χ1v) is 7.96. The smallest absolute Gasteiger partial charge is 0.343 e. The maximum atomic E-state index is 11.4. The summed E-state index contributed by atoms with van der Waals surface area (Å²) < 4.78 is 5.68. The van der Waals surface area contributed by atoms with E-state index in [-0.39, 0.29) is 29.6 Å². The first-order chi connectivity index (χ1) is 11.8. The van der Waals surface area contributed by atoms with E-state index >= 15 is 0 Å². The van der Waals surface area contributed by atoms with Crippen LogP contribution < -0.4 is 10.5 Å². The molecule has 0 amide bonds. The third kappa shape index (κ3) is 4.86. The summed E-state index contributed by atoms with van der Waals surface area (Å²) in [5.41, 5.74) is 5.92. The lowest BCUT2D eigenvalue weighted by Crippen LogP contribution is -2.57. The van der Waals surface area contributed by atoms with E-state index in [0.717, 1.165) is 0 Å². The van der Waals surface area contributed by atoms with Gasteiger partial charge in [0.05, 0.1) is 14.3 Å². The molecule has 0 aliphatic carbocycles. The Balaban J connectivity index is 1.97. The molecule has 1 aromatic carbocycles. The fraction of sp³-hybridized carbons (Fsp3) is 0.500. The van der Waals surface area contributed by atoms with Crippen LogP contribution in [0.5, 0.6) is 11.5 Å². The van der Waals surface area contributed by atoms with Gasteiger partial charge in [0, 0.05) is 25.7 Å². The zero-order chi connectivity index (χ0) is 18.6. The van der Waals surface area contributed by atoms with E-state index in [9.17, 15) is 19.8 Å². The maximum Gasteiger partial charge on any atom is 0.343 e. The third-order valence-corrected chi connectivity index (χ3v) is 4.00. The van der Waals surface area contributed by atoms with E-state index in [1.165, 1.54) is 6.07 Å². The van der Waals surface area contributed by atoms with E-state index in [1.807, 2.05) is 4.90 Å². The molecule has 9 heteroatoms. The van der Waals surface area contributed by atoms with Crippen molar-refractivity contribution in [3.05, 3.63) is 23.3 Å². The SMILES string of the molecule is [B]CCc1ccc(OC2CN(C[C@H](N)CC(=O)O)C2)c(C(=O)O)c1O. The molecule has 0 saturated carbocycles. The lowest BCUT2D eigenvalue weighted by molar-refractivity contribution is -0.137. The van der Waals surface area contributed by atoms with Crippen LogP contribution in [-0.2, 0) is 11.2 Å². The average Bonchev–Trinajstić information content (AvgIpc) is 2.46. The highest BCUT2D eigenvalue weighted by Crippen LogP contribution is 2.33. The fourth-order valence-corrected chi connectivity index (χ4v) is 2.82. The van der Waals surface area contributed by atoms with Crippen LogP contribution in [0, 0.1) is 0 Å². The molecule has 1 fully saturated rings. The van der Waals surface area contributed by atoms with Gasteiger partial charge in [-0.1, -0.05) is 12.4 Å². The number of benzene rings is 1. The van der Waals surface area contributed by atoms with Gasteiger partial charge in [-0.2, -0.15) is 0 Å². The Kier molecular flexibility index (Phi) is 6.27. The van der Waals surface area contributed by atoms with Crippen molar-refractivity contribution >= 4 is 19.8 Å². The van der Waals surface area contributed by atoms with Crippen molar-refractivity contribution in [2.45, 2.75) is 31.3 Å². The number of hydrogen-bond acceptors (Lipinski definition) is 6. The van der Waals surface area contributed by atoms with E-state index < -0.39 is 18.0 Å². The van der Waals surface area contributed by atoms with Crippen molar-refractivity contribution in [3.63, 3.8) is 0 Å². The van der Waals surface area contributed by atoms with Gasteiger partial charge in [0.25, 0.3) is 0 Å².